The number of halogens is 1. The lowest BCUT2D eigenvalue weighted by Crippen LogP contribution is -2.39. The fourth-order valence-corrected chi connectivity index (χ4v) is 3.63. The monoisotopic (exact) mass is 477 g/mol. The van der Waals surface area contributed by atoms with Crippen molar-refractivity contribution in [2.24, 2.45) is 10.4 Å². The van der Waals surface area contributed by atoms with Gasteiger partial charge in [0.2, 0.25) is 0 Å². The van der Waals surface area contributed by atoms with Crippen LogP contribution < -0.4 is 10.6 Å². The molecule has 1 aliphatic rings. The van der Waals surface area contributed by atoms with Gasteiger partial charge in [-0.25, -0.2) is 0 Å². The van der Waals surface area contributed by atoms with Crippen LogP contribution in [-0.4, -0.2) is 49.5 Å². The molecule has 0 unspecified atom stereocenters. The van der Waals surface area contributed by atoms with Crippen molar-refractivity contribution in [1.82, 2.24) is 20.8 Å². The first-order chi connectivity index (χ1) is 12.2. The van der Waals surface area contributed by atoms with E-state index in [9.17, 15) is 0 Å². The lowest BCUT2D eigenvalue weighted by atomic mass is 9.83. The highest BCUT2D eigenvalue weighted by Gasteiger charge is 2.33. The second-order valence-corrected chi connectivity index (χ2v) is 7.20. The van der Waals surface area contributed by atoms with Gasteiger partial charge in [-0.3, -0.25) is 10.1 Å². The molecule has 2 rings (SSSR count). The predicted molar refractivity (Wildman–Crippen MR) is 118 cm³/mol. The summed E-state index contributed by atoms with van der Waals surface area (Å²) in [7, 11) is 1.79. The summed E-state index contributed by atoms with van der Waals surface area (Å²) in [5, 5.41) is 13.9. The molecule has 1 aromatic rings. The lowest BCUT2D eigenvalue weighted by molar-refractivity contribution is 0.141. The molecular formula is C19H36IN5O. The van der Waals surface area contributed by atoms with E-state index in [0.29, 0.717) is 5.41 Å². The maximum atomic E-state index is 5.32. The van der Waals surface area contributed by atoms with Crippen molar-refractivity contribution in [3.63, 3.8) is 0 Å². The van der Waals surface area contributed by atoms with Gasteiger partial charge in [0.15, 0.2) is 5.96 Å². The highest BCUT2D eigenvalue weighted by Crippen LogP contribution is 2.41. The van der Waals surface area contributed by atoms with Crippen LogP contribution in [0.4, 0.5) is 0 Å². The Kier molecular flexibility index (Phi) is 11.2. The summed E-state index contributed by atoms with van der Waals surface area (Å²) < 4.78 is 5.32. The number of rotatable bonds is 10. The molecule has 1 aliphatic carbocycles. The van der Waals surface area contributed by atoms with Gasteiger partial charge in [0, 0.05) is 39.0 Å². The topological polar surface area (TPSA) is 74.3 Å². The molecule has 0 atom stereocenters. The Labute approximate surface area is 175 Å². The van der Waals surface area contributed by atoms with E-state index in [1.807, 2.05) is 6.20 Å². The number of hydrogen-bond donors (Lipinski definition) is 3. The van der Waals surface area contributed by atoms with Crippen LogP contribution in [0.3, 0.4) is 0 Å². The molecule has 1 saturated carbocycles. The maximum Gasteiger partial charge on any atom is 0.191 e. The average Bonchev–Trinajstić information content (AvgIpc) is 3.24. The zero-order valence-electron chi connectivity index (χ0n) is 16.6. The molecule has 26 heavy (non-hydrogen) atoms. The SMILES string of the molecule is CCNC(=NCC1(CCOC)CCCC1)NCCCc1cn[nH]c1C.I. The molecule has 0 saturated heterocycles. The molecule has 0 amide bonds. The molecule has 7 heteroatoms. The van der Waals surface area contributed by atoms with E-state index < -0.39 is 0 Å². The van der Waals surface area contributed by atoms with E-state index >= 15 is 0 Å². The molecular weight excluding hydrogens is 441 g/mol. The van der Waals surface area contributed by atoms with Crippen molar-refractivity contribution in [2.75, 3.05) is 33.4 Å². The fraction of sp³-hybridized carbons (Fsp3) is 0.789. The molecule has 0 aliphatic heterocycles. The first-order valence-corrected chi connectivity index (χ1v) is 9.69. The number of aliphatic imine (C=N–C) groups is 1. The van der Waals surface area contributed by atoms with Crippen molar-refractivity contribution in [3.05, 3.63) is 17.5 Å². The normalized spacial score (nSPS) is 16.3. The molecule has 1 aromatic heterocycles. The molecule has 1 heterocycles. The summed E-state index contributed by atoms with van der Waals surface area (Å²) in [6.45, 7) is 7.72. The van der Waals surface area contributed by atoms with E-state index in [1.54, 1.807) is 7.11 Å². The number of aromatic nitrogens is 2. The second kappa shape index (κ2) is 12.5. The van der Waals surface area contributed by atoms with Crippen molar-refractivity contribution in [3.8, 4) is 0 Å². The lowest BCUT2D eigenvalue weighted by Gasteiger charge is -2.27. The molecule has 3 N–H and O–H groups in total. The predicted octanol–water partition coefficient (Wildman–Crippen LogP) is 3.42. The van der Waals surface area contributed by atoms with Crippen molar-refractivity contribution in [1.29, 1.82) is 0 Å². The van der Waals surface area contributed by atoms with Crippen LogP contribution in [0.5, 0.6) is 0 Å². The Morgan fingerprint density at radius 1 is 1.35 bits per heavy atom. The van der Waals surface area contributed by atoms with Gasteiger partial charge in [0.05, 0.1) is 6.20 Å². The zero-order valence-corrected chi connectivity index (χ0v) is 18.9. The third-order valence-electron chi connectivity index (χ3n) is 5.27. The van der Waals surface area contributed by atoms with E-state index in [-0.39, 0.29) is 24.0 Å². The number of methoxy groups -OCH3 is 1. The Bertz CT molecular complexity index is 526. The Hall–Kier alpha value is -0.830. The molecule has 0 spiro atoms. The van der Waals surface area contributed by atoms with E-state index in [4.69, 9.17) is 9.73 Å². The summed E-state index contributed by atoms with van der Waals surface area (Å²) in [4.78, 5) is 4.89. The summed E-state index contributed by atoms with van der Waals surface area (Å²) in [6.07, 6.45) is 10.4. The van der Waals surface area contributed by atoms with Gasteiger partial charge >= 0.3 is 0 Å². The number of aryl methyl sites for hydroxylation is 2. The fourth-order valence-electron chi connectivity index (χ4n) is 3.63. The van der Waals surface area contributed by atoms with Gasteiger partial charge in [-0.05, 0) is 56.9 Å². The minimum atomic E-state index is 0. The minimum Gasteiger partial charge on any atom is -0.385 e. The third kappa shape index (κ3) is 7.42. The quantitative estimate of drug-likeness (QED) is 0.209. The van der Waals surface area contributed by atoms with Crippen LogP contribution >= 0.6 is 24.0 Å². The Morgan fingerprint density at radius 3 is 2.73 bits per heavy atom. The van der Waals surface area contributed by atoms with Crippen LogP contribution in [0.2, 0.25) is 0 Å². The van der Waals surface area contributed by atoms with Gasteiger partial charge in [-0.1, -0.05) is 12.8 Å². The number of aromatic amines is 1. The Balaban J connectivity index is 0.00000338. The number of nitrogens with zero attached hydrogens (tertiary/aromatic N) is 2. The number of nitrogens with one attached hydrogen (secondary N) is 3. The van der Waals surface area contributed by atoms with Gasteiger partial charge in [-0.2, -0.15) is 5.10 Å². The maximum absolute atomic E-state index is 5.32. The standard InChI is InChI=1S/C19H35N5O.HI/c1-4-20-18(21-12-7-8-17-14-23-24-16(17)2)22-15-19(11-13-25-3)9-5-6-10-19;/h14H,4-13,15H2,1-3H3,(H,23,24)(H2,20,21,22);1H. The molecule has 0 aromatic carbocycles. The highest BCUT2D eigenvalue weighted by atomic mass is 127. The summed E-state index contributed by atoms with van der Waals surface area (Å²) in [6, 6.07) is 0. The van der Waals surface area contributed by atoms with E-state index in [2.05, 4.69) is 34.7 Å². The van der Waals surface area contributed by atoms with Crippen molar-refractivity contribution < 1.29 is 4.74 Å². The number of hydrogen-bond acceptors (Lipinski definition) is 3. The number of H-pyrrole nitrogens is 1. The van der Waals surface area contributed by atoms with Crippen LogP contribution in [0.15, 0.2) is 11.2 Å². The van der Waals surface area contributed by atoms with Gasteiger partial charge in [0.25, 0.3) is 0 Å². The highest BCUT2D eigenvalue weighted by molar-refractivity contribution is 14.0. The van der Waals surface area contributed by atoms with Crippen LogP contribution in [0.25, 0.3) is 0 Å². The zero-order chi connectivity index (χ0) is 18.0. The molecule has 1 fully saturated rings. The molecule has 0 bridgehead atoms. The minimum absolute atomic E-state index is 0. The molecule has 150 valence electrons. The first-order valence-electron chi connectivity index (χ1n) is 9.69. The van der Waals surface area contributed by atoms with Crippen LogP contribution in [0, 0.1) is 12.3 Å². The Morgan fingerprint density at radius 2 is 2.12 bits per heavy atom. The van der Waals surface area contributed by atoms with Gasteiger partial charge in [-0.15, -0.1) is 24.0 Å². The van der Waals surface area contributed by atoms with Crippen LogP contribution in [-0.2, 0) is 11.2 Å². The largest absolute Gasteiger partial charge is 0.385 e. The van der Waals surface area contributed by atoms with Crippen molar-refractivity contribution >= 4 is 29.9 Å². The number of ether oxygens (including phenoxy) is 1. The smallest absolute Gasteiger partial charge is 0.191 e. The summed E-state index contributed by atoms with van der Waals surface area (Å²) in [5.41, 5.74) is 2.81. The summed E-state index contributed by atoms with van der Waals surface area (Å²) in [5.74, 6) is 0.940. The number of guanidine groups is 1. The molecule has 0 radical (unpaired) electrons. The van der Waals surface area contributed by atoms with Crippen molar-refractivity contribution in [2.45, 2.75) is 58.8 Å². The van der Waals surface area contributed by atoms with Gasteiger partial charge < -0.3 is 15.4 Å². The van der Waals surface area contributed by atoms with Gasteiger partial charge in [0.1, 0.15) is 0 Å². The summed E-state index contributed by atoms with van der Waals surface area (Å²) >= 11 is 0. The average molecular weight is 477 g/mol. The van der Waals surface area contributed by atoms with E-state index in [0.717, 1.165) is 51.5 Å². The molecule has 6 nitrogen and oxygen atoms in total. The van der Waals surface area contributed by atoms with E-state index in [1.165, 1.54) is 36.9 Å². The third-order valence-corrected chi connectivity index (χ3v) is 5.27. The second-order valence-electron chi connectivity index (χ2n) is 7.20. The first kappa shape index (κ1) is 23.2. The van der Waals surface area contributed by atoms with Crippen LogP contribution in [0.1, 0.15) is 56.7 Å².